The van der Waals surface area contributed by atoms with Crippen LogP contribution in [0, 0.1) is 0 Å². The van der Waals surface area contributed by atoms with Crippen LogP contribution in [0.4, 0.5) is 5.69 Å². The number of rotatable bonds is 1. The summed E-state index contributed by atoms with van der Waals surface area (Å²) in [7, 11) is 0. The van der Waals surface area contributed by atoms with E-state index in [0.29, 0.717) is 0 Å². The molecule has 2 aliphatic heterocycles. The fourth-order valence-corrected chi connectivity index (χ4v) is 2.31. The van der Waals surface area contributed by atoms with Crippen molar-refractivity contribution < 1.29 is 14.7 Å². The molecule has 3 rings (SSSR count). The van der Waals surface area contributed by atoms with Gasteiger partial charge in [-0.25, -0.2) is 4.79 Å². The van der Waals surface area contributed by atoms with Crippen LogP contribution in [0.15, 0.2) is 30.5 Å². The Hall–Kier alpha value is -2.30. The van der Waals surface area contributed by atoms with Crippen LogP contribution < -0.4 is 10.6 Å². The molecule has 2 atom stereocenters. The molecule has 0 bridgehead atoms. The standard InChI is InChI=1S/C12H10N2O3/c15-11-10-7(3-4-13-11)8-5-6(12(16)17)1-2-9(8)14-10/h1-5,7,10,14H,(H,13,15)(H,16,17). The third-order valence-corrected chi connectivity index (χ3v) is 3.14. The van der Waals surface area contributed by atoms with Gasteiger partial charge in [-0.2, -0.15) is 0 Å². The molecule has 2 unspecified atom stereocenters. The summed E-state index contributed by atoms with van der Waals surface area (Å²) in [5.74, 6) is -1.14. The molecule has 0 aromatic heterocycles. The third kappa shape index (κ3) is 1.39. The second-order valence-corrected chi connectivity index (χ2v) is 4.12. The van der Waals surface area contributed by atoms with Gasteiger partial charge >= 0.3 is 5.97 Å². The van der Waals surface area contributed by atoms with Gasteiger partial charge in [-0.05, 0) is 23.8 Å². The Morgan fingerprint density at radius 3 is 2.94 bits per heavy atom. The topological polar surface area (TPSA) is 78.4 Å². The summed E-state index contributed by atoms with van der Waals surface area (Å²) >= 11 is 0. The predicted octanol–water partition coefficient (Wildman–Crippen LogP) is 0.906. The Balaban J connectivity index is 2.08. The van der Waals surface area contributed by atoms with E-state index in [0.717, 1.165) is 11.3 Å². The molecular weight excluding hydrogens is 220 g/mol. The highest BCUT2D eigenvalue weighted by molar-refractivity contribution is 5.93. The number of nitrogens with one attached hydrogen (secondary N) is 2. The number of aromatic carboxylic acids is 1. The van der Waals surface area contributed by atoms with Crippen LogP contribution in [-0.4, -0.2) is 23.0 Å². The minimum atomic E-state index is -0.958. The summed E-state index contributed by atoms with van der Waals surface area (Å²) in [4.78, 5) is 22.5. The van der Waals surface area contributed by atoms with Gasteiger partial charge in [0.05, 0.1) is 5.56 Å². The molecule has 1 amide bonds. The maximum absolute atomic E-state index is 11.6. The van der Waals surface area contributed by atoms with Gasteiger partial charge in [0.2, 0.25) is 5.91 Å². The highest BCUT2D eigenvalue weighted by Gasteiger charge is 2.37. The number of carboxylic acid groups (broad SMARTS) is 1. The summed E-state index contributed by atoms with van der Waals surface area (Å²) in [5.41, 5.74) is 1.93. The summed E-state index contributed by atoms with van der Waals surface area (Å²) in [5, 5.41) is 14.7. The van der Waals surface area contributed by atoms with Crippen LogP contribution in [0.1, 0.15) is 21.8 Å². The van der Waals surface area contributed by atoms with Crippen molar-refractivity contribution in [2.75, 3.05) is 5.32 Å². The zero-order valence-electron chi connectivity index (χ0n) is 8.81. The third-order valence-electron chi connectivity index (χ3n) is 3.14. The van der Waals surface area contributed by atoms with Gasteiger partial charge in [-0.15, -0.1) is 0 Å². The molecule has 2 aliphatic rings. The van der Waals surface area contributed by atoms with Crippen LogP contribution >= 0.6 is 0 Å². The molecule has 2 heterocycles. The maximum Gasteiger partial charge on any atom is 0.335 e. The monoisotopic (exact) mass is 230 g/mol. The molecule has 5 heteroatoms. The van der Waals surface area contributed by atoms with Crippen molar-refractivity contribution in [1.29, 1.82) is 0 Å². The van der Waals surface area contributed by atoms with E-state index >= 15 is 0 Å². The first-order chi connectivity index (χ1) is 8.16. The summed E-state index contributed by atoms with van der Waals surface area (Å²) in [6, 6.07) is 4.53. The minimum Gasteiger partial charge on any atom is -0.478 e. The molecule has 5 nitrogen and oxygen atoms in total. The van der Waals surface area contributed by atoms with Crippen molar-refractivity contribution in [3.63, 3.8) is 0 Å². The van der Waals surface area contributed by atoms with E-state index < -0.39 is 5.97 Å². The van der Waals surface area contributed by atoms with Crippen molar-refractivity contribution >= 4 is 17.6 Å². The van der Waals surface area contributed by atoms with Gasteiger partial charge in [0.15, 0.2) is 0 Å². The fraction of sp³-hybridized carbons (Fsp3) is 0.167. The lowest BCUT2D eigenvalue weighted by atomic mass is 9.92. The van der Waals surface area contributed by atoms with Gasteiger partial charge in [-0.1, -0.05) is 6.08 Å². The summed E-state index contributed by atoms with van der Waals surface area (Å²) < 4.78 is 0. The average Bonchev–Trinajstić information content (AvgIpc) is 2.68. The Labute approximate surface area is 97.1 Å². The number of anilines is 1. The number of hydrogen-bond acceptors (Lipinski definition) is 3. The molecule has 0 radical (unpaired) electrons. The Morgan fingerprint density at radius 1 is 1.35 bits per heavy atom. The molecule has 86 valence electrons. The van der Waals surface area contributed by atoms with Crippen molar-refractivity contribution in [1.82, 2.24) is 5.32 Å². The summed E-state index contributed by atoms with van der Waals surface area (Å²) in [6.45, 7) is 0. The van der Waals surface area contributed by atoms with Crippen molar-refractivity contribution in [2.24, 2.45) is 0 Å². The van der Waals surface area contributed by atoms with Crippen LogP contribution in [0.2, 0.25) is 0 Å². The highest BCUT2D eigenvalue weighted by Crippen LogP contribution is 2.38. The maximum atomic E-state index is 11.6. The SMILES string of the molecule is O=C(O)c1ccc2c(c1)C1C=CNC(=O)C1N2. The van der Waals surface area contributed by atoms with E-state index in [1.807, 2.05) is 6.08 Å². The smallest absolute Gasteiger partial charge is 0.335 e. The molecule has 0 saturated carbocycles. The largest absolute Gasteiger partial charge is 0.478 e. The minimum absolute atomic E-state index is 0.0851. The Bertz CT molecular complexity index is 551. The summed E-state index contributed by atoms with van der Waals surface area (Å²) in [6.07, 6.45) is 3.48. The number of hydrogen-bond donors (Lipinski definition) is 3. The van der Waals surface area contributed by atoms with Crippen molar-refractivity contribution in [3.8, 4) is 0 Å². The van der Waals surface area contributed by atoms with Gasteiger partial charge < -0.3 is 15.7 Å². The van der Waals surface area contributed by atoms with Gasteiger partial charge in [0, 0.05) is 17.8 Å². The van der Waals surface area contributed by atoms with Crippen LogP contribution in [0.5, 0.6) is 0 Å². The molecule has 0 aliphatic carbocycles. The average molecular weight is 230 g/mol. The van der Waals surface area contributed by atoms with E-state index in [9.17, 15) is 9.59 Å². The second kappa shape index (κ2) is 3.35. The lowest BCUT2D eigenvalue weighted by molar-refractivity contribution is -0.121. The zero-order valence-corrected chi connectivity index (χ0v) is 8.81. The second-order valence-electron chi connectivity index (χ2n) is 4.12. The van der Waals surface area contributed by atoms with E-state index in [1.165, 1.54) is 6.07 Å². The van der Waals surface area contributed by atoms with E-state index in [2.05, 4.69) is 10.6 Å². The number of amides is 1. The number of carbonyl (C=O) groups excluding carboxylic acids is 1. The first-order valence-corrected chi connectivity index (χ1v) is 5.27. The number of carboxylic acids is 1. The molecule has 0 saturated heterocycles. The molecule has 0 spiro atoms. The molecule has 1 aromatic rings. The molecule has 3 N–H and O–H groups in total. The first kappa shape index (κ1) is 9.89. The predicted molar refractivity (Wildman–Crippen MR) is 60.8 cm³/mol. The molecule has 0 fully saturated rings. The van der Waals surface area contributed by atoms with E-state index in [1.54, 1.807) is 18.3 Å². The van der Waals surface area contributed by atoms with Crippen molar-refractivity contribution in [3.05, 3.63) is 41.6 Å². The molecule has 17 heavy (non-hydrogen) atoms. The Kier molecular flexibility index (Phi) is 1.95. The molecular formula is C12H10N2O3. The van der Waals surface area contributed by atoms with Gasteiger partial charge in [0.25, 0.3) is 0 Å². The van der Waals surface area contributed by atoms with Crippen molar-refractivity contribution in [2.45, 2.75) is 12.0 Å². The lowest BCUT2D eigenvalue weighted by Crippen LogP contribution is -2.40. The highest BCUT2D eigenvalue weighted by atomic mass is 16.4. The van der Waals surface area contributed by atoms with Crippen LogP contribution in [0.25, 0.3) is 0 Å². The number of fused-ring (bicyclic) bond motifs is 3. The van der Waals surface area contributed by atoms with Crippen LogP contribution in [-0.2, 0) is 4.79 Å². The first-order valence-electron chi connectivity index (χ1n) is 5.27. The van der Waals surface area contributed by atoms with E-state index in [4.69, 9.17) is 5.11 Å². The van der Waals surface area contributed by atoms with Gasteiger partial charge in [0.1, 0.15) is 6.04 Å². The van der Waals surface area contributed by atoms with E-state index in [-0.39, 0.29) is 23.4 Å². The quantitative estimate of drug-likeness (QED) is 0.670. The zero-order chi connectivity index (χ0) is 12.0. The van der Waals surface area contributed by atoms with Gasteiger partial charge in [-0.3, -0.25) is 4.79 Å². The van der Waals surface area contributed by atoms with Crippen LogP contribution in [0.3, 0.4) is 0 Å². The fourth-order valence-electron chi connectivity index (χ4n) is 2.31. The number of carbonyl (C=O) groups is 2. The normalized spacial score (nSPS) is 24.6. The molecule has 1 aromatic carbocycles. The Morgan fingerprint density at radius 2 is 2.18 bits per heavy atom. The lowest BCUT2D eigenvalue weighted by Gasteiger charge is -2.19. The number of benzene rings is 1.